The Bertz CT molecular complexity index is 554. The summed E-state index contributed by atoms with van der Waals surface area (Å²) >= 11 is 6.18. The van der Waals surface area contributed by atoms with Crippen molar-refractivity contribution in [1.82, 2.24) is 5.32 Å². The van der Waals surface area contributed by atoms with Crippen molar-refractivity contribution < 1.29 is 13.9 Å². The summed E-state index contributed by atoms with van der Waals surface area (Å²) in [5, 5.41) is 3.92. The second-order valence-electron chi connectivity index (χ2n) is 4.34. The standard InChI is InChI=1S/C14H14ClNO3/c15-12-5-11(6-13-14(12)19-4-3-18-13)8-16-7-10-1-2-17-9-10/h1-2,5-6,9,16H,3-4,7-8H2. The summed E-state index contributed by atoms with van der Waals surface area (Å²) in [6.07, 6.45) is 3.39. The van der Waals surface area contributed by atoms with Crippen LogP contribution in [0.5, 0.6) is 11.5 Å². The number of fused-ring (bicyclic) bond motifs is 1. The average Bonchev–Trinajstić information content (AvgIpc) is 2.92. The molecule has 1 aliphatic rings. The molecule has 0 amide bonds. The minimum atomic E-state index is 0.546. The van der Waals surface area contributed by atoms with Crippen LogP contribution in [-0.2, 0) is 13.1 Å². The summed E-state index contributed by atoms with van der Waals surface area (Å²) < 4.78 is 16.0. The Morgan fingerprint density at radius 2 is 1.95 bits per heavy atom. The molecule has 1 aromatic heterocycles. The van der Waals surface area contributed by atoms with E-state index in [0.29, 0.717) is 30.5 Å². The highest BCUT2D eigenvalue weighted by molar-refractivity contribution is 6.32. The van der Waals surface area contributed by atoms with Gasteiger partial charge in [-0.25, -0.2) is 0 Å². The zero-order valence-electron chi connectivity index (χ0n) is 10.3. The van der Waals surface area contributed by atoms with Crippen molar-refractivity contribution in [3.63, 3.8) is 0 Å². The third-order valence-corrected chi connectivity index (χ3v) is 3.18. The fourth-order valence-electron chi connectivity index (χ4n) is 2.01. The van der Waals surface area contributed by atoms with Crippen LogP contribution in [0.15, 0.2) is 35.1 Å². The minimum absolute atomic E-state index is 0.546. The van der Waals surface area contributed by atoms with E-state index in [-0.39, 0.29) is 0 Å². The normalized spacial score (nSPS) is 13.5. The smallest absolute Gasteiger partial charge is 0.179 e. The molecular weight excluding hydrogens is 266 g/mol. The van der Waals surface area contributed by atoms with Crippen molar-refractivity contribution in [3.8, 4) is 11.5 Å². The SMILES string of the molecule is Clc1cc(CNCc2ccoc2)cc2c1OCCO2. The predicted octanol–water partition coefficient (Wildman–Crippen LogP) is 2.99. The van der Waals surface area contributed by atoms with Gasteiger partial charge in [-0.2, -0.15) is 0 Å². The monoisotopic (exact) mass is 279 g/mol. The lowest BCUT2D eigenvalue weighted by atomic mass is 10.2. The molecule has 0 saturated carbocycles. The van der Waals surface area contributed by atoms with E-state index in [1.54, 1.807) is 12.5 Å². The van der Waals surface area contributed by atoms with Gasteiger partial charge in [-0.1, -0.05) is 11.6 Å². The van der Waals surface area contributed by atoms with Crippen molar-refractivity contribution in [2.75, 3.05) is 13.2 Å². The second kappa shape index (κ2) is 5.55. The third kappa shape index (κ3) is 2.85. The van der Waals surface area contributed by atoms with Crippen LogP contribution in [0.1, 0.15) is 11.1 Å². The molecular formula is C14H14ClNO3. The highest BCUT2D eigenvalue weighted by Gasteiger charge is 2.16. The lowest BCUT2D eigenvalue weighted by molar-refractivity contribution is 0.171. The molecule has 2 heterocycles. The Labute approximate surface area is 116 Å². The number of nitrogens with one attached hydrogen (secondary N) is 1. The largest absolute Gasteiger partial charge is 0.486 e. The number of benzene rings is 1. The van der Waals surface area contributed by atoms with Crippen molar-refractivity contribution in [2.45, 2.75) is 13.1 Å². The fourth-order valence-corrected chi connectivity index (χ4v) is 2.30. The number of ether oxygens (including phenoxy) is 2. The van der Waals surface area contributed by atoms with Gasteiger partial charge in [-0.3, -0.25) is 0 Å². The topological polar surface area (TPSA) is 43.6 Å². The van der Waals surface area contributed by atoms with Gasteiger partial charge in [0.25, 0.3) is 0 Å². The number of hydrogen-bond donors (Lipinski definition) is 1. The summed E-state index contributed by atoms with van der Waals surface area (Å²) in [5.74, 6) is 1.37. The van der Waals surface area contributed by atoms with E-state index in [2.05, 4.69) is 5.32 Å². The molecule has 1 aromatic carbocycles. The molecule has 0 fully saturated rings. The Morgan fingerprint density at radius 3 is 2.79 bits per heavy atom. The number of furan rings is 1. The molecule has 0 bridgehead atoms. The van der Waals surface area contributed by atoms with E-state index < -0.39 is 0 Å². The van der Waals surface area contributed by atoms with Crippen molar-refractivity contribution >= 4 is 11.6 Å². The van der Waals surface area contributed by atoms with Gasteiger partial charge in [0.15, 0.2) is 11.5 Å². The van der Waals surface area contributed by atoms with Crippen molar-refractivity contribution in [2.24, 2.45) is 0 Å². The van der Waals surface area contributed by atoms with Crippen LogP contribution in [0.25, 0.3) is 0 Å². The lowest BCUT2D eigenvalue weighted by Crippen LogP contribution is -2.17. The molecule has 0 aliphatic carbocycles. The summed E-state index contributed by atoms with van der Waals surface area (Å²) in [6, 6.07) is 5.80. The van der Waals surface area contributed by atoms with Crippen LogP contribution in [0, 0.1) is 0 Å². The lowest BCUT2D eigenvalue weighted by Gasteiger charge is -2.20. The van der Waals surface area contributed by atoms with E-state index in [1.807, 2.05) is 18.2 Å². The summed E-state index contributed by atoms with van der Waals surface area (Å²) in [5.41, 5.74) is 2.18. The maximum atomic E-state index is 6.18. The van der Waals surface area contributed by atoms with Gasteiger partial charge in [0.2, 0.25) is 0 Å². The third-order valence-electron chi connectivity index (χ3n) is 2.89. The van der Waals surface area contributed by atoms with E-state index >= 15 is 0 Å². The van der Waals surface area contributed by atoms with E-state index in [1.165, 1.54) is 0 Å². The van der Waals surface area contributed by atoms with Gasteiger partial charge in [0.05, 0.1) is 17.5 Å². The maximum Gasteiger partial charge on any atom is 0.179 e. The van der Waals surface area contributed by atoms with Crippen LogP contribution in [0.4, 0.5) is 0 Å². The van der Waals surface area contributed by atoms with Gasteiger partial charge >= 0.3 is 0 Å². The van der Waals surface area contributed by atoms with Gasteiger partial charge < -0.3 is 19.2 Å². The van der Waals surface area contributed by atoms with Crippen molar-refractivity contribution in [1.29, 1.82) is 0 Å². The number of halogens is 1. The molecule has 5 heteroatoms. The first-order chi connectivity index (χ1) is 9.33. The Morgan fingerprint density at radius 1 is 1.11 bits per heavy atom. The van der Waals surface area contributed by atoms with Gasteiger partial charge in [-0.15, -0.1) is 0 Å². The molecule has 0 saturated heterocycles. The molecule has 1 N–H and O–H groups in total. The maximum absolute atomic E-state index is 6.18. The fraction of sp³-hybridized carbons (Fsp3) is 0.286. The van der Waals surface area contributed by atoms with Crippen LogP contribution in [0.2, 0.25) is 5.02 Å². The molecule has 19 heavy (non-hydrogen) atoms. The minimum Gasteiger partial charge on any atom is -0.486 e. The number of rotatable bonds is 4. The second-order valence-corrected chi connectivity index (χ2v) is 4.74. The van der Waals surface area contributed by atoms with Gasteiger partial charge in [-0.05, 0) is 23.8 Å². The van der Waals surface area contributed by atoms with Crippen LogP contribution >= 0.6 is 11.6 Å². The Hall–Kier alpha value is -1.65. The van der Waals surface area contributed by atoms with Crippen molar-refractivity contribution in [3.05, 3.63) is 46.9 Å². The average molecular weight is 280 g/mol. The quantitative estimate of drug-likeness (QED) is 0.934. The Kier molecular flexibility index (Phi) is 3.62. The van der Waals surface area contributed by atoms with Crippen LogP contribution < -0.4 is 14.8 Å². The summed E-state index contributed by atoms with van der Waals surface area (Å²) in [7, 11) is 0. The van der Waals surface area contributed by atoms with E-state index in [4.69, 9.17) is 25.5 Å². The molecule has 0 atom stereocenters. The van der Waals surface area contributed by atoms with Crippen LogP contribution in [-0.4, -0.2) is 13.2 Å². The highest BCUT2D eigenvalue weighted by atomic mass is 35.5. The first-order valence-electron chi connectivity index (χ1n) is 6.13. The molecule has 0 radical (unpaired) electrons. The Balaban J connectivity index is 1.66. The molecule has 4 nitrogen and oxygen atoms in total. The van der Waals surface area contributed by atoms with Gasteiger partial charge in [0, 0.05) is 18.7 Å². The molecule has 0 spiro atoms. The van der Waals surface area contributed by atoms with E-state index in [9.17, 15) is 0 Å². The summed E-state index contributed by atoms with van der Waals surface area (Å²) in [4.78, 5) is 0. The van der Waals surface area contributed by atoms with Crippen LogP contribution in [0.3, 0.4) is 0 Å². The molecule has 1 aliphatic heterocycles. The molecule has 3 rings (SSSR count). The first kappa shape index (κ1) is 12.4. The highest BCUT2D eigenvalue weighted by Crippen LogP contribution is 2.38. The van der Waals surface area contributed by atoms with Gasteiger partial charge in [0.1, 0.15) is 13.2 Å². The predicted molar refractivity (Wildman–Crippen MR) is 71.7 cm³/mol. The molecule has 100 valence electrons. The number of hydrogen-bond acceptors (Lipinski definition) is 4. The zero-order chi connectivity index (χ0) is 13.1. The molecule has 2 aromatic rings. The zero-order valence-corrected chi connectivity index (χ0v) is 11.1. The van der Waals surface area contributed by atoms with E-state index in [0.717, 1.165) is 23.4 Å². The molecule has 0 unspecified atom stereocenters. The summed E-state index contributed by atoms with van der Waals surface area (Å²) in [6.45, 7) is 2.57. The first-order valence-corrected chi connectivity index (χ1v) is 6.50.